The van der Waals surface area contributed by atoms with Gasteiger partial charge in [-0.3, -0.25) is 9.69 Å². The highest BCUT2D eigenvalue weighted by atomic mass is 16.2. The number of hydrogen-bond acceptors (Lipinski definition) is 3. The van der Waals surface area contributed by atoms with Crippen LogP contribution in [0.15, 0.2) is 0 Å². The molecule has 2 unspecified atom stereocenters. The predicted octanol–water partition coefficient (Wildman–Crippen LogP) is 1.20. The molecule has 1 saturated heterocycles. The normalized spacial score (nSPS) is 32.6. The van der Waals surface area contributed by atoms with Crippen LogP contribution in [0, 0.1) is 0 Å². The molecule has 1 aliphatic carbocycles. The van der Waals surface area contributed by atoms with Gasteiger partial charge in [0.25, 0.3) is 0 Å². The fourth-order valence-corrected chi connectivity index (χ4v) is 3.54. The summed E-state index contributed by atoms with van der Waals surface area (Å²) in [6.45, 7) is 3.56. The predicted molar refractivity (Wildman–Crippen MR) is 73.3 cm³/mol. The maximum absolute atomic E-state index is 12.4. The average Bonchev–Trinajstić information content (AvgIpc) is 2.51. The Kier molecular flexibility index (Phi) is 4.62. The standard InChI is InChI=1S/C14H27N3O/c1-11-8-9-16(2)14(18)13(10-15)17(11)12-6-4-3-5-7-12/h11-13H,3-10,15H2,1-2H3. The zero-order chi connectivity index (χ0) is 13.1. The number of nitrogens with two attached hydrogens (primary N) is 1. The summed E-state index contributed by atoms with van der Waals surface area (Å²) in [4.78, 5) is 16.7. The first-order chi connectivity index (χ1) is 8.65. The van der Waals surface area contributed by atoms with Gasteiger partial charge in [-0.25, -0.2) is 0 Å². The molecule has 0 spiro atoms. The number of rotatable bonds is 2. The first-order valence-electron chi connectivity index (χ1n) is 7.37. The van der Waals surface area contributed by atoms with Crippen molar-refractivity contribution in [2.45, 2.75) is 63.6 Å². The Morgan fingerprint density at radius 2 is 1.89 bits per heavy atom. The van der Waals surface area contributed by atoms with Crippen molar-refractivity contribution in [3.05, 3.63) is 0 Å². The molecule has 1 heterocycles. The molecule has 2 aliphatic rings. The van der Waals surface area contributed by atoms with E-state index in [2.05, 4.69) is 11.8 Å². The number of nitrogens with zero attached hydrogens (tertiary/aromatic N) is 2. The van der Waals surface area contributed by atoms with Crippen molar-refractivity contribution in [1.29, 1.82) is 0 Å². The van der Waals surface area contributed by atoms with E-state index in [-0.39, 0.29) is 11.9 Å². The first-order valence-corrected chi connectivity index (χ1v) is 7.37. The van der Waals surface area contributed by atoms with Crippen molar-refractivity contribution >= 4 is 5.91 Å². The van der Waals surface area contributed by atoms with Crippen LogP contribution in [0.3, 0.4) is 0 Å². The van der Waals surface area contributed by atoms with Gasteiger partial charge in [-0.1, -0.05) is 19.3 Å². The fourth-order valence-electron chi connectivity index (χ4n) is 3.54. The lowest BCUT2D eigenvalue weighted by molar-refractivity contribution is -0.135. The molecule has 2 atom stereocenters. The van der Waals surface area contributed by atoms with Crippen LogP contribution in [0.1, 0.15) is 45.4 Å². The third-order valence-corrected chi connectivity index (χ3v) is 4.63. The molecule has 2 fully saturated rings. The van der Waals surface area contributed by atoms with Crippen LogP contribution in [0.25, 0.3) is 0 Å². The van der Waals surface area contributed by atoms with Crippen LogP contribution < -0.4 is 5.73 Å². The zero-order valence-corrected chi connectivity index (χ0v) is 11.8. The van der Waals surface area contributed by atoms with E-state index in [1.54, 1.807) is 0 Å². The van der Waals surface area contributed by atoms with Crippen LogP contribution in [0.5, 0.6) is 0 Å². The molecule has 104 valence electrons. The van der Waals surface area contributed by atoms with Gasteiger partial charge in [0.15, 0.2) is 0 Å². The zero-order valence-electron chi connectivity index (χ0n) is 11.8. The SMILES string of the molecule is CC1CCN(C)C(=O)C(CN)N1C1CCCCC1. The number of likely N-dealkylation sites (N-methyl/N-ethyl adjacent to an activating group) is 1. The lowest BCUT2D eigenvalue weighted by atomic mass is 9.91. The highest BCUT2D eigenvalue weighted by Crippen LogP contribution is 2.28. The minimum atomic E-state index is -0.101. The first kappa shape index (κ1) is 13.8. The maximum Gasteiger partial charge on any atom is 0.240 e. The topological polar surface area (TPSA) is 49.6 Å². The van der Waals surface area contributed by atoms with Crippen LogP contribution in [-0.2, 0) is 4.79 Å². The molecule has 2 rings (SSSR count). The van der Waals surface area contributed by atoms with Gasteiger partial charge in [0, 0.05) is 32.2 Å². The Morgan fingerprint density at radius 1 is 1.22 bits per heavy atom. The van der Waals surface area contributed by atoms with Crippen molar-refractivity contribution in [2.75, 3.05) is 20.1 Å². The second kappa shape index (κ2) is 6.02. The summed E-state index contributed by atoms with van der Waals surface area (Å²) in [6.07, 6.45) is 7.48. The van der Waals surface area contributed by atoms with Gasteiger partial charge < -0.3 is 10.6 Å². The fraction of sp³-hybridized carbons (Fsp3) is 0.929. The Hall–Kier alpha value is -0.610. The quantitative estimate of drug-likeness (QED) is 0.804. The number of amides is 1. The second-order valence-corrected chi connectivity index (χ2v) is 5.89. The van der Waals surface area contributed by atoms with Crippen molar-refractivity contribution in [1.82, 2.24) is 9.80 Å². The lowest BCUT2D eigenvalue weighted by Gasteiger charge is -2.41. The van der Waals surface area contributed by atoms with Gasteiger partial charge >= 0.3 is 0 Å². The monoisotopic (exact) mass is 253 g/mol. The van der Waals surface area contributed by atoms with Crippen LogP contribution >= 0.6 is 0 Å². The van der Waals surface area contributed by atoms with Gasteiger partial charge in [-0.15, -0.1) is 0 Å². The van der Waals surface area contributed by atoms with Crippen LogP contribution in [-0.4, -0.2) is 54.0 Å². The van der Waals surface area contributed by atoms with Gasteiger partial charge in [0.1, 0.15) is 6.04 Å². The van der Waals surface area contributed by atoms with E-state index in [9.17, 15) is 4.79 Å². The molecule has 0 bridgehead atoms. The summed E-state index contributed by atoms with van der Waals surface area (Å²) in [7, 11) is 1.90. The van der Waals surface area contributed by atoms with Gasteiger partial charge in [0.2, 0.25) is 5.91 Å². The van der Waals surface area contributed by atoms with Crippen LogP contribution in [0.2, 0.25) is 0 Å². The second-order valence-electron chi connectivity index (χ2n) is 5.89. The molecule has 1 aliphatic heterocycles. The van der Waals surface area contributed by atoms with E-state index < -0.39 is 0 Å². The molecular formula is C14H27N3O. The summed E-state index contributed by atoms with van der Waals surface area (Å²) >= 11 is 0. The van der Waals surface area contributed by atoms with Crippen LogP contribution in [0.4, 0.5) is 0 Å². The molecule has 0 aromatic carbocycles. The van der Waals surface area contributed by atoms with E-state index in [1.807, 2.05) is 11.9 Å². The molecule has 4 nitrogen and oxygen atoms in total. The summed E-state index contributed by atoms with van der Waals surface area (Å²) in [6, 6.07) is 0.934. The van der Waals surface area contributed by atoms with E-state index >= 15 is 0 Å². The Balaban J connectivity index is 2.18. The van der Waals surface area contributed by atoms with E-state index in [0.29, 0.717) is 18.6 Å². The Bertz CT molecular complexity index is 289. The lowest BCUT2D eigenvalue weighted by Crippen LogP contribution is -2.55. The highest BCUT2D eigenvalue weighted by Gasteiger charge is 2.37. The summed E-state index contributed by atoms with van der Waals surface area (Å²) in [5, 5.41) is 0. The molecule has 0 radical (unpaired) electrons. The number of carbonyl (C=O) groups is 1. The average molecular weight is 253 g/mol. The molecule has 0 aromatic heterocycles. The van der Waals surface area contributed by atoms with Gasteiger partial charge in [0.05, 0.1) is 0 Å². The summed E-state index contributed by atoms with van der Waals surface area (Å²) in [5.41, 5.74) is 5.90. The summed E-state index contributed by atoms with van der Waals surface area (Å²) in [5.74, 6) is 0.215. The molecule has 4 heteroatoms. The third kappa shape index (κ3) is 2.69. The number of hydrogen-bond donors (Lipinski definition) is 1. The third-order valence-electron chi connectivity index (χ3n) is 4.63. The minimum Gasteiger partial charge on any atom is -0.344 e. The largest absolute Gasteiger partial charge is 0.344 e. The maximum atomic E-state index is 12.4. The molecule has 0 aromatic rings. The van der Waals surface area contributed by atoms with Crippen molar-refractivity contribution in [3.63, 3.8) is 0 Å². The highest BCUT2D eigenvalue weighted by molar-refractivity contribution is 5.82. The van der Waals surface area contributed by atoms with Gasteiger partial charge in [-0.05, 0) is 26.2 Å². The van der Waals surface area contributed by atoms with E-state index in [4.69, 9.17) is 5.73 Å². The Morgan fingerprint density at radius 3 is 2.50 bits per heavy atom. The summed E-state index contributed by atoms with van der Waals surface area (Å²) < 4.78 is 0. The van der Waals surface area contributed by atoms with Gasteiger partial charge in [-0.2, -0.15) is 0 Å². The molecule has 18 heavy (non-hydrogen) atoms. The van der Waals surface area contributed by atoms with Crippen molar-refractivity contribution in [2.24, 2.45) is 5.73 Å². The Labute approximate surface area is 110 Å². The number of carbonyl (C=O) groups excluding carboxylic acids is 1. The molecule has 1 amide bonds. The minimum absolute atomic E-state index is 0.101. The molecule has 2 N–H and O–H groups in total. The van der Waals surface area contributed by atoms with Crippen molar-refractivity contribution in [3.8, 4) is 0 Å². The molecule has 1 saturated carbocycles. The van der Waals surface area contributed by atoms with Crippen molar-refractivity contribution < 1.29 is 4.79 Å². The smallest absolute Gasteiger partial charge is 0.240 e. The van der Waals surface area contributed by atoms with E-state index in [1.165, 1.54) is 32.1 Å². The molecular weight excluding hydrogens is 226 g/mol. The van der Waals surface area contributed by atoms with E-state index in [0.717, 1.165) is 13.0 Å².